The number of ether oxygens (including phenoxy) is 3. The molecule has 0 radical (unpaired) electrons. The van der Waals surface area contributed by atoms with E-state index >= 15 is 0 Å². The van der Waals surface area contributed by atoms with Crippen LogP contribution in [0.4, 0.5) is 5.69 Å². The number of benzene rings is 1. The summed E-state index contributed by atoms with van der Waals surface area (Å²) in [6.07, 6.45) is 1.42. The number of likely N-dealkylation sites (N-methyl/N-ethyl adjacent to an activating group) is 1. The van der Waals surface area contributed by atoms with Crippen molar-refractivity contribution in [2.24, 2.45) is 5.92 Å². The van der Waals surface area contributed by atoms with Crippen LogP contribution in [-0.4, -0.2) is 84.0 Å². The Morgan fingerprint density at radius 1 is 1.28 bits per heavy atom. The summed E-state index contributed by atoms with van der Waals surface area (Å²) in [5.41, 5.74) is -2.62. The second kappa shape index (κ2) is 5.47. The number of amides is 1. The van der Waals surface area contributed by atoms with Crippen molar-refractivity contribution in [2.45, 2.75) is 41.6 Å². The molecule has 6 aliphatic heterocycles. The van der Waals surface area contributed by atoms with Crippen LogP contribution in [0, 0.1) is 5.92 Å². The number of phenols is 1. The fourth-order valence-electron chi connectivity index (χ4n) is 7.32. The van der Waals surface area contributed by atoms with Gasteiger partial charge in [0.1, 0.15) is 35.5 Å². The SMILES string of the molecule is COc1ccc2c(c1O)N1C(=O)C=C3OC[C@H]4O[C@]45CN(C)CC[C@]24C(=O)C[C@]5(O)[C@@H]3[C@H]14. The van der Waals surface area contributed by atoms with Crippen LogP contribution in [0.25, 0.3) is 0 Å². The van der Waals surface area contributed by atoms with Crippen LogP contribution in [0.15, 0.2) is 24.0 Å². The zero-order valence-corrected chi connectivity index (χ0v) is 17.8. The third-order valence-corrected chi connectivity index (χ3v) is 8.75. The number of ketones is 1. The van der Waals surface area contributed by atoms with Crippen LogP contribution < -0.4 is 9.64 Å². The molecule has 0 aromatic heterocycles. The molecular formula is C23H24N2O7. The molecule has 5 fully saturated rings. The number of fused-ring (bicyclic) bond motifs is 6. The highest BCUT2D eigenvalue weighted by Gasteiger charge is 2.81. The summed E-state index contributed by atoms with van der Waals surface area (Å²) in [6, 6.07) is 2.71. The van der Waals surface area contributed by atoms with Gasteiger partial charge < -0.3 is 29.3 Å². The number of carbonyl (C=O) groups is 2. The molecule has 9 nitrogen and oxygen atoms in total. The molecule has 9 heteroatoms. The zero-order chi connectivity index (χ0) is 22.2. The molecule has 0 unspecified atom stereocenters. The Labute approximate surface area is 184 Å². The van der Waals surface area contributed by atoms with Crippen LogP contribution in [0.5, 0.6) is 11.5 Å². The van der Waals surface area contributed by atoms with Crippen molar-refractivity contribution >= 4 is 17.4 Å². The van der Waals surface area contributed by atoms with Crippen molar-refractivity contribution in [1.29, 1.82) is 0 Å². The quantitative estimate of drug-likeness (QED) is 0.591. The van der Waals surface area contributed by atoms with Crippen molar-refractivity contribution in [1.82, 2.24) is 4.90 Å². The first kappa shape index (κ1) is 18.9. The fourth-order valence-corrected chi connectivity index (χ4v) is 7.32. The Kier molecular flexibility index (Phi) is 3.23. The van der Waals surface area contributed by atoms with E-state index < -0.39 is 28.6 Å². The van der Waals surface area contributed by atoms with E-state index in [2.05, 4.69) is 4.90 Å². The molecule has 6 atom stereocenters. The highest BCUT2D eigenvalue weighted by Crippen LogP contribution is 2.67. The summed E-state index contributed by atoms with van der Waals surface area (Å²) >= 11 is 0. The first-order valence-electron chi connectivity index (χ1n) is 11.0. The number of carbonyl (C=O) groups excluding carboxylic acids is 2. The molecule has 1 aromatic rings. The molecule has 168 valence electrons. The summed E-state index contributed by atoms with van der Waals surface area (Å²) in [4.78, 5) is 31.1. The second-order valence-corrected chi connectivity index (χ2v) is 9.98. The van der Waals surface area contributed by atoms with E-state index in [1.165, 1.54) is 18.1 Å². The number of phenolic OH excluding ortho intramolecular Hbond substituents is 1. The van der Waals surface area contributed by atoms with E-state index in [4.69, 9.17) is 14.2 Å². The Morgan fingerprint density at radius 2 is 2.09 bits per heavy atom. The fraction of sp³-hybridized carbons (Fsp3) is 0.565. The van der Waals surface area contributed by atoms with Gasteiger partial charge in [0.2, 0.25) is 0 Å². The molecule has 2 spiro atoms. The highest BCUT2D eigenvalue weighted by molar-refractivity contribution is 6.12. The normalized spacial score (nSPS) is 43.3. The lowest BCUT2D eigenvalue weighted by Gasteiger charge is -2.54. The van der Waals surface area contributed by atoms with E-state index in [0.717, 1.165) is 0 Å². The molecule has 8 rings (SSSR count). The number of aliphatic hydroxyl groups is 1. The van der Waals surface area contributed by atoms with E-state index in [1.807, 2.05) is 7.05 Å². The Morgan fingerprint density at radius 3 is 2.88 bits per heavy atom. The maximum absolute atomic E-state index is 14.1. The average Bonchev–Trinajstić information content (AvgIpc) is 3.37. The molecule has 1 saturated carbocycles. The van der Waals surface area contributed by atoms with E-state index in [1.54, 1.807) is 12.1 Å². The molecule has 1 aromatic carbocycles. The molecule has 6 heterocycles. The Hall–Kier alpha value is -2.62. The van der Waals surface area contributed by atoms with Gasteiger partial charge >= 0.3 is 0 Å². The molecule has 7 aliphatic rings. The predicted octanol–water partition coefficient (Wildman–Crippen LogP) is 0.0747. The highest BCUT2D eigenvalue weighted by atomic mass is 16.7. The number of nitrogens with zero attached hydrogens (tertiary/aromatic N) is 2. The topological polar surface area (TPSA) is 112 Å². The van der Waals surface area contributed by atoms with Crippen molar-refractivity contribution in [3.05, 3.63) is 29.5 Å². The van der Waals surface area contributed by atoms with Gasteiger partial charge in [-0.15, -0.1) is 0 Å². The maximum Gasteiger partial charge on any atom is 0.254 e. The van der Waals surface area contributed by atoms with Gasteiger partial charge in [-0.1, -0.05) is 6.07 Å². The minimum Gasteiger partial charge on any atom is -0.503 e. The van der Waals surface area contributed by atoms with Gasteiger partial charge in [-0.2, -0.15) is 0 Å². The summed E-state index contributed by atoms with van der Waals surface area (Å²) in [5.74, 6) is -0.677. The van der Waals surface area contributed by atoms with E-state index in [9.17, 15) is 19.8 Å². The Balaban J connectivity index is 1.58. The number of Topliss-reactive ketones (excluding diaryl/α,β-unsaturated/α-hetero) is 1. The van der Waals surface area contributed by atoms with Crippen molar-refractivity contribution in [2.75, 3.05) is 38.8 Å². The van der Waals surface area contributed by atoms with Crippen LogP contribution in [-0.2, 0) is 24.5 Å². The smallest absolute Gasteiger partial charge is 0.254 e. The first-order chi connectivity index (χ1) is 15.3. The zero-order valence-electron chi connectivity index (χ0n) is 17.8. The largest absolute Gasteiger partial charge is 0.503 e. The first-order valence-corrected chi connectivity index (χ1v) is 11.0. The van der Waals surface area contributed by atoms with Crippen molar-refractivity contribution in [3.8, 4) is 11.5 Å². The lowest BCUT2D eigenvalue weighted by Crippen LogP contribution is -2.71. The number of rotatable bonds is 1. The van der Waals surface area contributed by atoms with E-state index in [-0.39, 0.29) is 42.3 Å². The minimum atomic E-state index is -1.52. The number of methoxy groups -OCH3 is 1. The van der Waals surface area contributed by atoms with Gasteiger partial charge in [0.15, 0.2) is 11.5 Å². The summed E-state index contributed by atoms with van der Waals surface area (Å²) in [5, 5.41) is 23.4. The lowest BCUT2D eigenvalue weighted by molar-refractivity contribution is -0.157. The molecule has 1 amide bonds. The van der Waals surface area contributed by atoms with Gasteiger partial charge in [-0.25, -0.2) is 0 Å². The van der Waals surface area contributed by atoms with Crippen molar-refractivity contribution in [3.63, 3.8) is 0 Å². The molecule has 1 aliphatic carbocycles. The third-order valence-electron chi connectivity index (χ3n) is 8.75. The second-order valence-electron chi connectivity index (χ2n) is 9.98. The molecule has 32 heavy (non-hydrogen) atoms. The van der Waals surface area contributed by atoms with Gasteiger partial charge in [-0.05, 0) is 31.6 Å². The summed E-state index contributed by atoms with van der Waals surface area (Å²) < 4.78 is 17.5. The van der Waals surface area contributed by atoms with Gasteiger partial charge in [-0.3, -0.25) is 14.5 Å². The molecule has 4 saturated heterocycles. The standard InChI is InChI=1S/C23H24N2O7/c1-24-6-5-21-11-3-4-12(30-2)19(28)18(11)25-16(27)7-13-17(20(21)25)22(29,8-14(21)26)23(10-24)15(32-23)9-31-13/h3-4,7,15,17,20,28-29H,5-6,8-10H2,1-2H3/t15-,17+,20+,21-,22+,23-/m1/s1. The predicted molar refractivity (Wildman–Crippen MR) is 109 cm³/mol. The number of epoxide rings is 1. The van der Waals surface area contributed by atoms with E-state index in [0.29, 0.717) is 36.5 Å². The van der Waals surface area contributed by atoms with Gasteiger partial charge in [0, 0.05) is 19.0 Å². The summed E-state index contributed by atoms with van der Waals surface area (Å²) in [6.45, 7) is 1.29. The monoisotopic (exact) mass is 440 g/mol. The number of hydrogen-bond donors (Lipinski definition) is 2. The molecule has 2 N–H and O–H groups in total. The lowest BCUT2D eigenvalue weighted by atomic mass is 9.53. The number of aromatic hydroxyl groups is 1. The molecular weight excluding hydrogens is 416 g/mol. The van der Waals surface area contributed by atoms with Crippen LogP contribution in [0.2, 0.25) is 0 Å². The average molecular weight is 440 g/mol. The van der Waals surface area contributed by atoms with Gasteiger partial charge in [0.25, 0.3) is 5.91 Å². The summed E-state index contributed by atoms with van der Waals surface area (Å²) in [7, 11) is 3.40. The maximum atomic E-state index is 14.1. The van der Waals surface area contributed by atoms with Crippen molar-refractivity contribution < 1.29 is 34.0 Å². The third kappa shape index (κ3) is 1.78. The van der Waals surface area contributed by atoms with Gasteiger partial charge in [0.05, 0.1) is 30.2 Å². The van der Waals surface area contributed by atoms with Crippen LogP contribution >= 0.6 is 0 Å². The Bertz CT molecular complexity index is 1150. The number of hydrogen-bond acceptors (Lipinski definition) is 8. The minimum absolute atomic E-state index is 0.0898. The molecule has 4 bridgehead atoms. The van der Waals surface area contributed by atoms with Crippen LogP contribution in [0.3, 0.4) is 0 Å². The number of anilines is 1. The van der Waals surface area contributed by atoms with Crippen LogP contribution in [0.1, 0.15) is 18.4 Å².